The molecule has 3 nitrogen and oxygen atoms in total. The van der Waals surface area contributed by atoms with Crippen molar-refractivity contribution in [2.24, 2.45) is 0 Å². The van der Waals surface area contributed by atoms with Gasteiger partial charge in [-0.25, -0.2) is 0 Å². The highest BCUT2D eigenvalue weighted by atomic mass is 19.4. The number of pyridine rings is 1. The number of aliphatic hydroxyl groups is 1. The Hall–Kier alpha value is -1.14. The van der Waals surface area contributed by atoms with Gasteiger partial charge in [-0.3, -0.25) is 9.88 Å². The van der Waals surface area contributed by atoms with Crippen LogP contribution in [-0.2, 0) is 6.54 Å². The number of hydrogen-bond acceptors (Lipinski definition) is 3. The number of aliphatic hydroxyl groups excluding tert-OH is 1. The molecule has 0 saturated heterocycles. The molecule has 1 aromatic rings. The first-order valence-corrected chi connectivity index (χ1v) is 5.30. The maximum Gasteiger partial charge on any atom is 0.415 e. The van der Waals surface area contributed by atoms with Crippen molar-refractivity contribution in [2.75, 3.05) is 13.1 Å². The lowest BCUT2D eigenvalue weighted by molar-refractivity contribution is -0.208. The van der Waals surface area contributed by atoms with E-state index in [9.17, 15) is 13.2 Å². The summed E-state index contributed by atoms with van der Waals surface area (Å²) in [6.45, 7) is 2.02. The molecule has 1 heterocycles. The molecule has 0 aromatic carbocycles. The predicted octanol–water partition coefficient (Wildman–Crippen LogP) is 1.83. The van der Waals surface area contributed by atoms with Crippen molar-refractivity contribution in [1.82, 2.24) is 9.88 Å². The molecule has 0 fully saturated rings. The van der Waals surface area contributed by atoms with Crippen molar-refractivity contribution < 1.29 is 18.3 Å². The average Bonchev–Trinajstić information content (AvgIpc) is 2.28. The second kappa shape index (κ2) is 5.97. The van der Waals surface area contributed by atoms with Gasteiger partial charge in [-0.05, 0) is 18.7 Å². The average molecular weight is 248 g/mol. The van der Waals surface area contributed by atoms with Gasteiger partial charge in [0.05, 0.1) is 5.69 Å². The molecular weight excluding hydrogens is 233 g/mol. The fourth-order valence-corrected chi connectivity index (χ4v) is 1.37. The largest absolute Gasteiger partial charge is 0.415 e. The molecule has 0 aliphatic heterocycles. The van der Waals surface area contributed by atoms with Crippen LogP contribution in [0.25, 0.3) is 0 Å². The van der Waals surface area contributed by atoms with E-state index in [1.807, 2.05) is 0 Å². The Morgan fingerprint density at radius 3 is 2.59 bits per heavy atom. The van der Waals surface area contributed by atoms with Crippen molar-refractivity contribution >= 4 is 0 Å². The quantitative estimate of drug-likeness (QED) is 0.863. The smallest absolute Gasteiger partial charge is 0.382 e. The third kappa shape index (κ3) is 4.70. The monoisotopic (exact) mass is 248 g/mol. The molecular formula is C11H15F3N2O. The zero-order chi connectivity index (χ0) is 12.9. The fraction of sp³-hybridized carbons (Fsp3) is 0.545. The summed E-state index contributed by atoms with van der Waals surface area (Å²) in [7, 11) is 0. The summed E-state index contributed by atoms with van der Waals surface area (Å²) >= 11 is 0. The molecule has 0 saturated carbocycles. The van der Waals surface area contributed by atoms with Gasteiger partial charge in [0, 0.05) is 19.3 Å². The van der Waals surface area contributed by atoms with Gasteiger partial charge >= 0.3 is 6.18 Å². The maximum atomic E-state index is 12.2. The summed E-state index contributed by atoms with van der Waals surface area (Å²) in [4.78, 5) is 5.53. The van der Waals surface area contributed by atoms with E-state index >= 15 is 0 Å². The molecule has 1 N–H and O–H groups in total. The highest BCUT2D eigenvalue weighted by Gasteiger charge is 2.38. The number of nitrogens with zero attached hydrogens (tertiary/aromatic N) is 2. The normalized spacial score (nSPS) is 14.0. The van der Waals surface area contributed by atoms with Gasteiger partial charge in [-0.2, -0.15) is 13.2 Å². The topological polar surface area (TPSA) is 36.4 Å². The first-order chi connectivity index (χ1) is 7.93. The number of rotatable bonds is 5. The van der Waals surface area contributed by atoms with E-state index < -0.39 is 18.8 Å². The molecule has 1 atom stereocenters. The Labute approximate surface area is 97.9 Å². The van der Waals surface area contributed by atoms with E-state index in [4.69, 9.17) is 5.11 Å². The van der Waals surface area contributed by atoms with E-state index in [1.165, 1.54) is 4.90 Å². The Balaban J connectivity index is 2.55. The fourth-order valence-electron chi connectivity index (χ4n) is 1.37. The molecule has 0 bridgehead atoms. The van der Waals surface area contributed by atoms with Crippen molar-refractivity contribution in [3.8, 4) is 0 Å². The number of halogens is 3. The van der Waals surface area contributed by atoms with Crippen LogP contribution in [0.2, 0.25) is 0 Å². The SMILES string of the molecule is CCN(Cc1ccccn1)CC(O)C(F)(F)F. The zero-order valence-electron chi connectivity index (χ0n) is 9.48. The van der Waals surface area contributed by atoms with Gasteiger partial charge in [0.2, 0.25) is 0 Å². The standard InChI is InChI=1S/C11H15F3N2O/c1-2-16(8-10(17)11(12,13)14)7-9-5-3-4-6-15-9/h3-6,10,17H,2,7-8H2,1H3. The molecule has 6 heteroatoms. The maximum absolute atomic E-state index is 12.2. The van der Waals surface area contributed by atoms with E-state index in [1.54, 1.807) is 31.3 Å². The Morgan fingerprint density at radius 1 is 1.41 bits per heavy atom. The lowest BCUT2D eigenvalue weighted by Crippen LogP contribution is -2.40. The molecule has 0 aliphatic carbocycles. The van der Waals surface area contributed by atoms with Crippen LogP contribution < -0.4 is 0 Å². The molecule has 1 rings (SSSR count). The second-order valence-electron chi connectivity index (χ2n) is 3.71. The van der Waals surface area contributed by atoms with Crippen LogP contribution in [0.4, 0.5) is 13.2 Å². The van der Waals surface area contributed by atoms with Crippen LogP contribution in [0.5, 0.6) is 0 Å². The van der Waals surface area contributed by atoms with Gasteiger partial charge in [-0.1, -0.05) is 13.0 Å². The van der Waals surface area contributed by atoms with Gasteiger partial charge in [0.15, 0.2) is 6.10 Å². The Bertz CT molecular complexity index is 329. The van der Waals surface area contributed by atoms with Crippen molar-refractivity contribution in [1.29, 1.82) is 0 Å². The van der Waals surface area contributed by atoms with Crippen LogP contribution in [0, 0.1) is 0 Å². The van der Waals surface area contributed by atoms with E-state index in [0.29, 0.717) is 18.8 Å². The summed E-state index contributed by atoms with van der Waals surface area (Å²) in [5.41, 5.74) is 0.684. The van der Waals surface area contributed by atoms with Crippen LogP contribution in [-0.4, -0.2) is 40.4 Å². The Morgan fingerprint density at radius 2 is 2.12 bits per heavy atom. The molecule has 1 unspecified atom stereocenters. The molecule has 1 aromatic heterocycles. The van der Waals surface area contributed by atoms with E-state index in [-0.39, 0.29) is 0 Å². The first kappa shape index (κ1) is 13.9. The van der Waals surface area contributed by atoms with Crippen LogP contribution in [0.15, 0.2) is 24.4 Å². The van der Waals surface area contributed by atoms with Crippen LogP contribution in [0.3, 0.4) is 0 Å². The number of aromatic nitrogens is 1. The number of hydrogen-bond donors (Lipinski definition) is 1. The highest BCUT2D eigenvalue weighted by molar-refractivity contribution is 5.03. The summed E-state index contributed by atoms with van der Waals surface area (Å²) in [6, 6.07) is 5.25. The number of alkyl halides is 3. The second-order valence-corrected chi connectivity index (χ2v) is 3.71. The van der Waals surface area contributed by atoms with Crippen LogP contribution >= 0.6 is 0 Å². The summed E-state index contributed by atoms with van der Waals surface area (Å²) in [6.07, 6.45) is -5.30. The zero-order valence-corrected chi connectivity index (χ0v) is 9.48. The van der Waals surface area contributed by atoms with E-state index in [2.05, 4.69) is 4.98 Å². The van der Waals surface area contributed by atoms with Crippen molar-refractivity contribution in [2.45, 2.75) is 25.7 Å². The summed E-state index contributed by atoms with van der Waals surface area (Å²) in [5.74, 6) is 0. The van der Waals surface area contributed by atoms with Gasteiger partial charge < -0.3 is 5.11 Å². The molecule has 0 radical (unpaired) electrons. The predicted molar refractivity (Wildman–Crippen MR) is 57.2 cm³/mol. The molecule has 0 amide bonds. The minimum absolute atomic E-state index is 0.296. The molecule has 96 valence electrons. The summed E-state index contributed by atoms with van der Waals surface area (Å²) in [5, 5.41) is 8.98. The third-order valence-electron chi connectivity index (χ3n) is 2.37. The first-order valence-electron chi connectivity index (χ1n) is 5.30. The Kier molecular flexibility index (Phi) is 4.89. The van der Waals surface area contributed by atoms with E-state index in [0.717, 1.165) is 0 Å². The third-order valence-corrected chi connectivity index (χ3v) is 2.37. The minimum Gasteiger partial charge on any atom is -0.382 e. The lowest BCUT2D eigenvalue weighted by Gasteiger charge is -2.24. The summed E-state index contributed by atoms with van der Waals surface area (Å²) < 4.78 is 36.6. The number of likely N-dealkylation sites (N-methyl/N-ethyl adjacent to an activating group) is 1. The molecule has 0 spiro atoms. The van der Waals surface area contributed by atoms with Gasteiger partial charge in [0.1, 0.15) is 0 Å². The lowest BCUT2D eigenvalue weighted by atomic mass is 10.2. The molecule has 17 heavy (non-hydrogen) atoms. The van der Waals surface area contributed by atoms with Crippen LogP contribution in [0.1, 0.15) is 12.6 Å². The minimum atomic E-state index is -4.57. The van der Waals surface area contributed by atoms with Crippen molar-refractivity contribution in [3.05, 3.63) is 30.1 Å². The molecule has 0 aliphatic rings. The van der Waals surface area contributed by atoms with Crippen molar-refractivity contribution in [3.63, 3.8) is 0 Å². The highest BCUT2D eigenvalue weighted by Crippen LogP contribution is 2.21. The van der Waals surface area contributed by atoms with Gasteiger partial charge in [0.25, 0.3) is 0 Å². The van der Waals surface area contributed by atoms with Gasteiger partial charge in [-0.15, -0.1) is 0 Å².